The summed E-state index contributed by atoms with van der Waals surface area (Å²) >= 11 is 0. The topological polar surface area (TPSA) is 89.2 Å². The number of nitrogens with zero attached hydrogens (tertiary/aromatic N) is 2. The number of nitrogens with two attached hydrogens (primary N) is 1. The monoisotopic (exact) mass is 235 g/mol. The molecule has 1 aromatic carbocycles. The minimum atomic E-state index is -4.84. The average Bonchev–Trinajstić information content (AvgIpc) is 2.15. The first-order valence-electron chi connectivity index (χ1n) is 3.72. The van der Waals surface area contributed by atoms with Crippen LogP contribution >= 0.6 is 0 Å². The van der Waals surface area contributed by atoms with Crippen LogP contribution in [0.5, 0.6) is 0 Å². The zero-order valence-electron chi connectivity index (χ0n) is 7.49. The molecule has 0 atom stereocenters. The molecule has 0 saturated heterocycles. The fraction of sp³-hybridized carbons (Fsp3) is 0.143. The van der Waals surface area contributed by atoms with Crippen LogP contribution in [0.2, 0.25) is 0 Å². The molecule has 0 spiro atoms. The number of nitro groups is 1. The highest BCUT2D eigenvalue weighted by molar-refractivity contribution is 5.46. The quantitative estimate of drug-likeness (QED) is 0.365. The number of hydrazine groups is 1. The van der Waals surface area contributed by atoms with E-state index in [1.807, 2.05) is 0 Å². The minimum absolute atomic E-state index is 0.271. The van der Waals surface area contributed by atoms with E-state index in [1.165, 1.54) is 0 Å². The molecule has 0 amide bonds. The molecule has 0 aliphatic carbocycles. The molecule has 9 heteroatoms. The normalized spacial score (nSPS) is 11.2. The third-order valence-corrected chi connectivity index (χ3v) is 1.59. The van der Waals surface area contributed by atoms with Gasteiger partial charge < -0.3 is 0 Å². The van der Waals surface area contributed by atoms with Gasteiger partial charge >= 0.3 is 11.9 Å². The first-order chi connectivity index (χ1) is 7.21. The van der Waals surface area contributed by atoms with Gasteiger partial charge in [-0.1, -0.05) is 0 Å². The second kappa shape index (κ2) is 3.76. The minimum Gasteiger partial charge on any atom is -0.258 e. The Morgan fingerprint density at radius 1 is 1.31 bits per heavy atom. The Balaban J connectivity index is 3.42. The van der Waals surface area contributed by atoms with Crippen molar-refractivity contribution in [3.8, 4) is 0 Å². The Labute approximate surface area is 86.2 Å². The van der Waals surface area contributed by atoms with E-state index in [0.29, 0.717) is 6.07 Å². The summed E-state index contributed by atoms with van der Waals surface area (Å²) in [4.78, 5) is 19.4. The van der Waals surface area contributed by atoms with Crippen molar-refractivity contribution in [2.75, 3.05) is 0 Å². The number of non-ortho nitro benzene ring substituents is 1. The summed E-state index contributed by atoms with van der Waals surface area (Å²) in [7, 11) is 0. The molecule has 85 valence electrons. The predicted molar refractivity (Wildman–Crippen MR) is 44.4 cm³/mol. The van der Waals surface area contributed by atoms with Crippen LogP contribution in [0.25, 0.3) is 0 Å². The van der Waals surface area contributed by atoms with Crippen LogP contribution in [0.15, 0.2) is 12.1 Å². The van der Waals surface area contributed by atoms with Crippen LogP contribution in [-0.4, -0.2) is 9.79 Å². The summed E-state index contributed by atoms with van der Waals surface area (Å²) in [6.07, 6.45) is -4.84. The second-order valence-electron chi connectivity index (χ2n) is 2.72. The van der Waals surface area contributed by atoms with Crippen molar-refractivity contribution in [2.24, 2.45) is 5.84 Å². The van der Waals surface area contributed by atoms with Crippen molar-refractivity contribution < 1.29 is 23.0 Å². The Hall–Kier alpha value is -2.19. The van der Waals surface area contributed by atoms with Crippen LogP contribution in [0.3, 0.4) is 0 Å². The van der Waals surface area contributed by atoms with Crippen LogP contribution in [0.4, 0.5) is 24.5 Å². The fourth-order valence-electron chi connectivity index (χ4n) is 0.917. The summed E-state index contributed by atoms with van der Waals surface area (Å²) in [5.41, 5.74) is -3.07. The summed E-state index contributed by atoms with van der Waals surface area (Å²) in [6.45, 7) is 0. The molecule has 1 radical (unpaired) electrons. The van der Waals surface area contributed by atoms with Crippen molar-refractivity contribution in [1.29, 1.82) is 0 Å². The molecular weight excluding hydrogens is 231 g/mol. The van der Waals surface area contributed by atoms with E-state index >= 15 is 0 Å². The number of hydrogen-bond acceptors (Lipinski definition) is 3. The van der Waals surface area contributed by atoms with Crippen molar-refractivity contribution in [2.45, 2.75) is 6.18 Å². The van der Waals surface area contributed by atoms with Gasteiger partial charge in [-0.2, -0.15) is 19.0 Å². The van der Waals surface area contributed by atoms with Crippen molar-refractivity contribution in [3.63, 3.8) is 0 Å². The highest BCUT2D eigenvalue weighted by Crippen LogP contribution is 2.33. The summed E-state index contributed by atoms with van der Waals surface area (Å²) < 4.78 is 36.8. The number of alkyl halides is 3. The molecule has 0 fully saturated rings. The van der Waals surface area contributed by atoms with E-state index in [2.05, 4.69) is 5.84 Å². The smallest absolute Gasteiger partial charge is 0.258 e. The SMILES string of the molecule is N[N+](=O)c1[c]c(C(F)(F)F)cc([N+](=O)[O-])c1. The summed E-state index contributed by atoms with van der Waals surface area (Å²) in [5, 5.41) is 10.3. The predicted octanol–water partition coefficient (Wildman–Crippen LogP) is 1.70. The molecule has 0 saturated carbocycles. The Bertz CT molecular complexity index is 426. The van der Waals surface area contributed by atoms with Crippen molar-refractivity contribution in [1.82, 2.24) is 0 Å². The number of benzene rings is 1. The van der Waals surface area contributed by atoms with Gasteiger partial charge in [0.25, 0.3) is 5.69 Å². The zero-order valence-corrected chi connectivity index (χ0v) is 7.49. The largest absolute Gasteiger partial charge is 0.417 e. The third kappa shape index (κ3) is 2.43. The lowest BCUT2D eigenvalue weighted by Gasteiger charge is -2.04. The van der Waals surface area contributed by atoms with E-state index < -0.39 is 32.9 Å². The van der Waals surface area contributed by atoms with Gasteiger partial charge in [-0.3, -0.25) is 10.1 Å². The lowest BCUT2D eigenvalue weighted by atomic mass is 10.1. The molecule has 0 aromatic heterocycles. The third-order valence-electron chi connectivity index (χ3n) is 1.59. The maximum absolute atomic E-state index is 12.3. The van der Waals surface area contributed by atoms with Gasteiger partial charge in [0, 0.05) is 6.07 Å². The van der Waals surface area contributed by atoms with Gasteiger partial charge in [0.05, 0.1) is 27.5 Å². The van der Waals surface area contributed by atoms with E-state index in [0.717, 1.165) is 0 Å². The Morgan fingerprint density at radius 2 is 1.88 bits per heavy atom. The number of rotatable bonds is 2. The van der Waals surface area contributed by atoms with Crippen LogP contribution in [-0.2, 0) is 6.18 Å². The molecule has 0 aliphatic rings. The van der Waals surface area contributed by atoms with Gasteiger partial charge in [-0.25, -0.2) is 0 Å². The molecule has 1 rings (SSSR count). The molecule has 0 bridgehead atoms. The van der Waals surface area contributed by atoms with Gasteiger partial charge in [-0.05, 0) is 0 Å². The van der Waals surface area contributed by atoms with Crippen molar-refractivity contribution >= 4 is 11.4 Å². The van der Waals surface area contributed by atoms with E-state index in [9.17, 15) is 28.2 Å². The number of nitroso groups, excluding NO2 is 1. The first-order valence-corrected chi connectivity index (χ1v) is 3.72. The van der Waals surface area contributed by atoms with Gasteiger partial charge in [0.15, 0.2) is 4.87 Å². The molecule has 2 N–H and O–H groups in total. The van der Waals surface area contributed by atoms with Gasteiger partial charge in [-0.15, -0.1) is 0 Å². The fourth-order valence-corrected chi connectivity index (χ4v) is 0.917. The van der Waals surface area contributed by atoms with E-state index in [4.69, 9.17) is 0 Å². The highest BCUT2D eigenvalue weighted by Gasteiger charge is 2.35. The molecule has 0 heterocycles. The maximum Gasteiger partial charge on any atom is 0.417 e. The van der Waals surface area contributed by atoms with Crippen LogP contribution < -0.4 is 5.84 Å². The maximum atomic E-state index is 12.3. The molecule has 6 nitrogen and oxygen atoms in total. The van der Waals surface area contributed by atoms with Crippen LogP contribution in [0.1, 0.15) is 5.56 Å². The molecule has 0 unspecified atom stereocenters. The Morgan fingerprint density at radius 3 is 2.25 bits per heavy atom. The first kappa shape index (κ1) is 11.9. The van der Waals surface area contributed by atoms with Gasteiger partial charge in [0.2, 0.25) is 0 Å². The molecule has 1 aromatic rings. The second-order valence-corrected chi connectivity index (χ2v) is 2.72. The van der Waals surface area contributed by atoms with Crippen LogP contribution in [0, 0.1) is 21.1 Å². The number of nitro benzene ring substituents is 1. The zero-order chi connectivity index (χ0) is 12.5. The lowest BCUT2D eigenvalue weighted by Crippen LogP contribution is -2.12. The Kier molecular flexibility index (Phi) is 2.79. The lowest BCUT2D eigenvalue weighted by molar-refractivity contribution is -0.475. The van der Waals surface area contributed by atoms with E-state index in [-0.39, 0.29) is 6.07 Å². The summed E-state index contributed by atoms with van der Waals surface area (Å²) in [6, 6.07) is 2.51. The molecule has 16 heavy (non-hydrogen) atoms. The summed E-state index contributed by atoms with van der Waals surface area (Å²) in [5.74, 6) is 4.65. The molecule has 0 aliphatic heterocycles. The highest BCUT2D eigenvalue weighted by atomic mass is 19.4. The molecular formula is C7H4F3N3O3+. The number of halogens is 3. The van der Waals surface area contributed by atoms with Crippen molar-refractivity contribution in [3.05, 3.63) is 38.8 Å². The average molecular weight is 235 g/mol. The standard InChI is InChI=1S/C7H4F3N3O3/c8-7(9,10)4-1-5(12(11)14)3-6(2-4)13(15)16/h2-3H,(H2,11,14)/q+1. The van der Waals surface area contributed by atoms with E-state index in [1.54, 1.807) is 6.07 Å². The number of hydrogen-bond donors (Lipinski definition) is 1. The van der Waals surface area contributed by atoms with Gasteiger partial charge in [0.1, 0.15) is 0 Å².